The van der Waals surface area contributed by atoms with E-state index < -0.39 is 13.9 Å². The molecule has 0 saturated carbocycles. The highest BCUT2D eigenvalue weighted by Gasteiger charge is 2.61. The van der Waals surface area contributed by atoms with Crippen molar-refractivity contribution in [1.29, 1.82) is 0 Å². The van der Waals surface area contributed by atoms with Crippen molar-refractivity contribution in [2.45, 2.75) is 83.8 Å². The number of β-lactam (4-membered cyclic amide) rings is 1. The number of amides is 1. The van der Waals surface area contributed by atoms with Crippen molar-refractivity contribution in [3.05, 3.63) is 12.2 Å². The minimum atomic E-state index is -1.94. The van der Waals surface area contributed by atoms with Gasteiger partial charge in [0.15, 0.2) is 14.1 Å². The van der Waals surface area contributed by atoms with E-state index in [0.29, 0.717) is 6.42 Å². The molecule has 23 heavy (non-hydrogen) atoms. The van der Waals surface area contributed by atoms with Gasteiger partial charge in [-0.15, -0.1) is 0 Å². The molecule has 2 heterocycles. The van der Waals surface area contributed by atoms with Crippen molar-refractivity contribution in [1.82, 2.24) is 4.90 Å². The van der Waals surface area contributed by atoms with Gasteiger partial charge in [0.05, 0.1) is 23.6 Å². The van der Waals surface area contributed by atoms with Crippen LogP contribution in [0.5, 0.6) is 0 Å². The standard InChI is InChI=1S/C18H31NO3Si/c1-11-10-13(20)18(6,7)19-15(11)14(16(19)21)12(2)22-23(8,9)17(3,4)5/h12,14-15H,1,10H2,2-9H3/t12-,14-,15-/m1/s1. The molecule has 0 aromatic rings. The summed E-state index contributed by atoms with van der Waals surface area (Å²) in [6.07, 6.45) is 0.218. The van der Waals surface area contributed by atoms with E-state index in [1.165, 1.54) is 0 Å². The van der Waals surface area contributed by atoms with Crippen molar-refractivity contribution >= 4 is 20.0 Å². The van der Waals surface area contributed by atoms with Crippen molar-refractivity contribution in [3.8, 4) is 0 Å². The second kappa shape index (κ2) is 5.28. The Morgan fingerprint density at radius 3 is 2.30 bits per heavy atom. The third kappa shape index (κ3) is 2.72. The van der Waals surface area contributed by atoms with Gasteiger partial charge in [0.25, 0.3) is 0 Å². The van der Waals surface area contributed by atoms with Crippen LogP contribution >= 0.6 is 0 Å². The molecule has 3 atom stereocenters. The van der Waals surface area contributed by atoms with Crippen LogP contribution in [0.4, 0.5) is 0 Å². The third-order valence-electron chi connectivity index (χ3n) is 6.02. The highest BCUT2D eigenvalue weighted by atomic mass is 28.4. The maximum absolute atomic E-state index is 12.7. The molecule has 2 aliphatic heterocycles. The predicted octanol–water partition coefficient (Wildman–Crippen LogP) is 3.53. The van der Waals surface area contributed by atoms with Gasteiger partial charge in [-0.1, -0.05) is 27.4 Å². The van der Waals surface area contributed by atoms with Crippen LogP contribution in [0.25, 0.3) is 0 Å². The fourth-order valence-electron chi connectivity index (χ4n) is 3.40. The molecule has 130 valence electrons. The summed E-state index contributed by atoms with van der Waals surface area (Å²) in [5.74, 6) is -0.104. The number of carbonyl (C=O) groups excluding carboxylic acids is 2. The van der Waals surface area contributed by atoms with Gasteiger partial charge in [-0.3, -0.25) is 9.59 Å². The lowest BCUT2D eigenvalue weighted by Crippen LogP contribution is -2.75. The van der Waals surface area contributed by atoms with Crippen LogP contribution in [0.1, 0.15) is 48.0 Å². The first kappa shape index (κ1) is 18.4. The van der Waals surface area contributed by atoms with Gasteiger partial charge >= 0.3 is 0 Å². The molecule has 0 spiro atoms. The third-order valence-corrected chi connectivity index (χ3v) is 10.6. The molecule has 1 amide bonds. The molecule has 0 aromatic carbocycles. The van der Waals surface area contributed by atoms with Gasteiger partial charge < -0.3 is 9.33 Å². The lowest BCUT2D eigenvalue weighted by atomic mass is 9.69. The van der Waals surface area contributed by atoms with E-state index in [-0.39, 0.29) is 34.8 Å². The van der Waals surface area contributed by atoms with Crippen LogP contribution in [0.2, 0.25) is 18.1 Å². The topological polar surface area (TPSA) is 46.6 Å². The molecule has 2 fully saturated rings. The number of hydrogen-bond donors (Lipinski definition) is 0. The Balaban J connectivity index is 2.22. The summed E-state index contributed by atoms with van der Waals surface area (Å²) in [5, 5.41) is 0.104. The van der Waals surface area contributed by atoms with Crippen LogP contribution in [0.15, 0.2) is 12.2 Å². The number of nitrogens with zero attached hydrogens (tertiary/aromatic N) is 1. The normalized spacial score (nSPS) is 29.2. The number of fused-ring (bicyclic) bond motifs is 1. The van der Waals surface area contributed by atoms with Crippen LogP contribution in [-0.2, 0) is 14.0 Å². The Kier molecular flexibility index (Phi) is 4.22. The Hall–Kier alpha value is -0.943. The van der Waals surface area contributed by atoms with E-state index in [1.807, 2.05) is 20.8 Å². The summed E-state index contributed by atoms with van der Waals surface area (Å²) >= 11 is 0. The van der Waals surface area contributed by atoms with Gasteiger partial charge in [0, 0.05) is 6.42 Å². The first-order valence-electron chi connectivity index (χ1n) is 8.44. The monoisotopic (exact) mass is 337 g/mol. The summed E-state index contributed by atoms with van der Waals surface area (Å²) in [6.45, 7) is 20.7. The van der Waals surface area contributed by atoms with Gasteiger partial charge in [0.1, 0.15) is 0 Å². The van der Waals surface area contributed by atoms with E-state index in [9.17, 15) is 9.59 Å². The van der Waals surface area contributed by atoms with E-state index in [4.69, 9.17) is 4.43 Å². The molecule has 0 N–H and O–H groups in total. The van der Waals surface area contributed by atoms with Crippen molar-refractivity contribution < 1.29 is 14.0 Å². The highest BCUT2D eigenvalue weighted by Crippen LogP contribution is 2.47. The second-order valence-electron chi connectivity index (χ2n) is 9.08. The lowest BCUT2D eigenvalue weighted by molar-refractivity contribution is -0.178. The number of hydrogen-bond acceptors (Lipinski definition) is 3. The number of rotatable bonds is 3. The summed E-state index contributed by atoms with van der Waals surface area (Å²) < 4.78 is 6.43. The van der Waals surface area contributed by atoms with Crippen LogP contribution in [0.3, 0.4) is 0 Å². The van der Waals surface area contributed by atoms with E-state index in [0.717, 1.165) is 5.57 Å². The Bertz CT molecular complexity index is 559. The SMILES string of the molecule is C=C1CC(=O)C(C)(C)N2C(=O)[C@H]([C@@H](C)O[Si](C)(C)C(C)(C)C)[C@@H]12. The minimum absolute atomic E-state index is 0.0282. The molecule has 2 aliphatic rings. The lowest BCUT2D eigenvalue weighted by Gasteiger charge is -2.59. The molecule has 2 saturated heterocycles. The minimum Gasteiger partial charge on any atom is -0.413 e. The van der Waals surface area contributed by atoms with Crippen molar-refractivity contribution in [2.24, 2.45) is 5.92 Å². The zero-order valence-corrected chi connectivity index (χ0v) is 16.8. The maximum atomic E-state index is 12.7. The molecule has 0 unspecified atom stereocenters. The van der Waals surface area contributed by atoms with Crippen molar-refractivity contribution in [2.75, 3.05) is 0 Å². The first-order chi connectivity index (χ1) is 10.2. The van der Waals surface area contributed by atoms with Crippen LogP contribution in [0, 0.1) is 5.92 Å². The largest absolute Gasteiger partial charge is 0.413 e. The number of ketones is 1. The van der Waals surface area contributed by atoms with Crippen molar-refractivity contribution in [3.63, 3.8) is 0 Å². The zero-order valence-electron chi connectivity index (χ0n) is 15.8. The quantitative estimate of drug-likeness (QED) is 0.450. The molecule has 0 aliphatic carbocycles. The van der Waals surface area contributed by atoms with Crippen LogP contribution in [-0.4, -0.2) is 42.6 Å². The number of Topliss-reactive ketones (excluding diaryl/α,β-unsaturated/α-hetero) is 1. The fraction of sp³-hybridized carbons (Fsp3) is 0.778. The molecular weight excluding hydrogens is 306 g/mol. The summed E-state index contributed by atoms with van der Waals surface area (Å²) in [4.78, 5) is 26.7. The molecule has 0 aromatic heterocycles. The first-order valence-corrected chi connectivity index (χ1v) is 11.3. The zero-order chi connectivity index (χ0) is 18.0. The van der Waals surface area contributed by atoms with Crippen LogP contribution < -0.4 is 0 Å². The molecule has 2 rings (SSSR count). The second-order valence-corrected chi connectivity index (χ2v) is 13.8. The average Bonchev–Trinajstić information content (AvgIpc) is 2.31. The predicted molar refractivity (Wildman–Crippen MR) is 94.7 cm³/mol. The molecule has 0 radical (unpaired) electrons. The van der Waals surface area contributed by atoms with Gasteiger partial charge in [-0.25, -0.2) is 0 Å². The van der Waals surface area contributed by atoms with Gasteiger partial charge in [-0.2, -0.15) is 0 Å². The Morgan fingerprint density at radius 2 is 1.83 bits per heavy atom. The van der Waals surface area contributed by atoms with Gasteiger partial charge in [0.2, 0.25) is 5.91 Å². The molecule has 5 heteroatoms. The Labute approximate surface area is 141 Å². The van der Waals surface area contributed by atoms with Gasteiger partial charge in [-0.05, 0) is 44.5 Å². The summed E-state index contributed by atoms with van der Waals surface area (Å²) in [7, 11) is -1.94. The summed E-state index contributed by atoms with van der Waals surface area (Å²) in [5.41, 5.74) is 0.125. The maximum Gasteiger partial charge on any atom is 0.232 e. The fourth-order valence-corrected chi connectivity index (χ4v) is 4.83. The van der Waals surface area contributed by atoms with E-state index >= 15 is 0 Å². The number of piperidine rings is 1. The van der Waals surface area contributed by atoms with E-state index in [1.54, 1.807) is 4.90 Å². The smallest absolute Gasteiger partial charge is 0.232 e. The highest BCUT2D eigenvalue weighted by molar-refractivity contribution is 6.74. The number of carbonyl (C=O) groups is 2. The molecule has 0 bridgehead atoms. The molecular formula is C18H31NO3Si. The average molecular weight is 338 g/mol. The molecule has 4 nitrogen and oxygen atoms in total. The Morgan fingerprint density at radius 1 is 1.30 bits per heavy atom. The summed E-state index contributed by atoms with van der Waals surface area (Å²) in [6, 6.07) is -0.0602. The van der Waals surface area contributed by atoms with E-state index in [2.05, 4.69) is 40.4 Å².